The first kappa shape index (κ1) is 13.7. The molecule has 0 aromatic carbocycles. The Bertz CT molecular complexity index is 642. The van der Waals surface area contributed by atoms with Crippen LogP contribution >= 0.6 is 0 Å². The van der Waals surface area contributed by atoms with Gasteiger partial charge in [0.25, 0.3) is 5.91 Å². The van der Waals surface area contributed by atoms with Gasteiger partial charge in [-0.3, -0.25) is 14.8 Å². The smallest absolute Gasteiger partial charge is 0.253 e. The summed E-state index contributed by atoms with van der Waals surface area (Å²) in [6.45, 7) is 2.25. The van der Waals surface area contributed by atoms with Crippen molar-refractivity contribution in [2.45, 2.75) is 19.5 Å². The number of nitrogens with one attached hydrogen (secondary N) is 1. The molecule has 1 amide bonds. The molecule has 2 aromatic heterocycles. The van der Waals surface area contributed by atoms with Gasteiger partial charge in [0.15, 0.2) is 0 Å². The molecule has 1 aliphatic heterocycles. The van der Waals surface area contributed by atoms with Gasteiger partial charge in [-0.2, -0.15) is 0 Å². The van der Waals surface area contributed by atoms with Gasteiger partial charge in [0.1, 0.15) is 0 Å². The zero-order valence-corrected chi connectivity index (χ0v) is 12.0. The van der Waals surface area contributed by atoms with Crippen LogP contribution in [0.15, 0.2) is 36.8 Å². The molecule has 0 saturated heterocycles. The average molecular weight is 282 g/mol. The lowest BCUT2D eigenvalue weighted by Gasteiger charge is -2.25. The van der Waals surface area contributed by atoms with Crippen molar-refractivity contribution in [1.82, 2.24) is 20.2 Å². The number of hydrogen-bond acceptors (Lipinski definition) is 4. The second kappa shape index (κ2) is 6.01. The topological polar surface area (TPSA) is 58.1 Å². The molecule has 3 heterocycles. The Labute approximate surface area is 124 Å². The van der Waals surface area contributed by atoms with E-state index in [9.17, 15) is 4.79 Å². The van der Waals surface area contributed by atoms with Crippen molar-refractivity contribution in [1.29, 1.82) is 0 Å². The summed E-state index contributed by atoms with van der Waals surface area (Å²) >= 11 is 0. The molecule has 2 aromatic rings. The van der Waals surface area contributed by atoms with Gasteiger partial charge < -0.3 is 10.2 Å². The van der Waals surface area contributed by atoms with E-state index in [4.69, 9.17) is 0 Å². The van der Waals surface area contributed by atoms with Gasteiger partial charge in [0.2, 0.25) is 0 Å². The van der Waals surface area contributed by atoms with E-state index < -0.39 is 0 Å². The third-order valence-corrected chi connectivity index (χ3v) is 3.73. The quantitative estimate of drug-likeness (QED) is 0.924. The van der Waals surface area contributed by atoms with Gasteiger partial charge in [-0.1, -0.05) is 6.07 Å². The van der Waals surface area contributed by atoms with E-state index >= 15 is 0 Å². The highest BCUT2D eigenvalue weighted by Crippen LogP contribution is 2.20. The maximum Gasteiger partial charge on any atom is 0.253 e. The van der Waals surface area contributed by atoms with Crippen LogP contribution in [0.3, 0.4) is 0 Å². The fourth-order valence-electron chi connectivity index (χ4n) is 2.60. The molecule has 108 valence electrons. The summed E-state index contributed by atoms with van der Waals surface area (Å²) < 4.78 is 0. The number of rotatable bonds is 3. The van der Waals surface area contributed by atoms with Crippen LogP contribution in [-0.4, -0.2) is 34.4 Å². The Morgan fingerprint density at radius 3 is 3.10 bits per heavy atom. The minimum atomic E-state index is -0.0745. The van der Waals surface area contributed by atoms with E-state index in [1.54, 1.807) is 12.4 Å². The molecule has 1 aliphatic rings. The lowest BCUT2D eigenvalue weighted by atomic mass is 9.97. The standard InChI is InChI=1S/C16H18N4O/c1-20-7-5-14-12(11-20)8-17-10-15(14)16(21)19-9-13-4-2-3-6-18-13/h2-4,6,8,10H,5,7,9,11H2,1H3,(H,19,21). The van der Waals surface area contributed by atoms with E-state index in [2.05, 4.69) is 27.2 Å². The molecule has 0 unspecified atom stereocenters. The molecular formula is C16H18N4O. The van der Waals surface area contributed by atoms with Crippen molar-refractivity contribution in [2.75, 3.05) is 13.6 Å². The predicted octanol–water partition coefficient (Wildman–Crippen LogP) is 1.39. The molecule has 0 fully saturated rings. The molecule has 0 aliphatic carbocycles. The largest absolute Gasteiger partial charge is 0.346 e. The first-order chi connectivity index (χ1) is 10.2. The van der Waals surface area contributed by atoms with Gasteiger partial charge in [-0.05, 0) is 36.7 Å². The number of hydrogen-bond donors (Lipinski definition) is 1. The summed E-state index contributed by atoms with van der Waals surface area (Å²) in [6, 6.07) is 5.67. The SMILES string of the molecule is CN1CCc2c(cncc2C(=O)NCc2ccccn2)C1. The maximum atomic E-state index is 12.4. The summed E-state index contributed by atoms with van der Waals surface area (Å²) in [5, 5.41) is 2.92. The first-order valence-electron chi connectivity index (χ1n) is 7.06. The molecule has 1 N–H and O–H groups in total. The highest BCUT2D eigenvalue weighted by Gasteiger charge is 2.20. The lowest BCUT2D eigenvalue weighted by molar-refractivity contribution is 0.0948. The van der Waals surface area contributed by atoms with Crippen molar-refractivity contribution < 1.29 is 4.79 Å². The number of carbonyl (C=O) groups excluding carboxylic acids is 1. The maximum absolute atomic E-state index is 12.4. The monoisotopic (exact) mass is 282 g/mol. The van der Waals surface area contributed by atoms with Gasteiger partial charge in [0.05, 0.1) is 17.8 Å². The predicted molar refractivity (Wildman–Crippen MR) is 79.7 cm³/mol. The summed E-state index contributed by atoms with van der Waals surface area (Å²) in [6.07, 6.45) is 6.14. The van der Waals surface area contributed by atoms with Gasteiger partial charge in [0, 0.05) is 31.7 Å². The van der Waals surface area contributed by atoms with Crippen molar-refractivity contribution in [3.05, 3.63) is 59.2 Å². The van der Waals surface area contributed by atoms with Crippen molar-refractivity contribution in [3.8, 4) is 0 Å². The summed E-state index contributed by atoms with van der Waals surface area (Å²) in [4.78, 5) is 23.0. The number of nitrogens with zero attached hydrogens (tertiary/aromatic N) is 3. The number of amides is 1. The summed E-state index contributed by atoms with van der Waals surface area (Å²) in [7, 11) is 2.08. The molecule has 0 radical (unpaired) electrons. The van der Waals surface area contributed by atoms with Gasteiger partial charge >= 0.3 is 0 Å². The lowest BCUT2D eigenvalue weighted by Crippen LogP contribution is -2.31. The number of likely N-dealkylation sites (N-methyl/N-ethyl adjacent to an activating group) is 1. The molecule has 21 heavy (non-hydrogen) atoms. The Morgan fingerprint density at radius 2 is 2.29 bits per heavy atom. The van der Waals surface area contributed by atoms with E-state index in [-0.39, 0.29) is 5.91 Å². The molecule has 0 bridgehead atoms. The van der Waals surface area contributed by atoms with Gasteiger partial charge in [-0.15, -0.1) is 0 Å². The summed E-state index contributed by atoms with van der Waals surface area (Å²) in [5.74, 6) is -0.0745. The molecule has 5 heteroatoms. The highest BCUT2D eigenvalue weighted by molar-refractivity contribution is 5.95. The highest BCUT2D eigenvalue weighted by atomic mass is 16.1. The van der Waals surface area contributed by atoms with Crippen LogP contribution in [0.25, 0.3) is 0 Å². The minimum absolute atomic E-state index is 0.0745. The van der Waals surface area contributed by atoms with Crippen LogP contribution in [0.2, 0.25) is 0 Å². The van der Waals surface area contributed by atoms with Crippen LogP contribution < -0.4 is 5.32 Å². The normalized spacial score (nSPS) is 14.5. The van der Waals surface area contributed by atoms with Crippen molar-refractivity contribution in [2.24, 2.45) is 0 Å². The third-order valence-electron chi connectivity index (χ3n) is 3.73. The molecular weight excluding hydrogens is 264 g/mol. The van der Waals surface area contributed by atoms with Gasteiger partial charge in [-0.25, -0.2) is 0 Å². The van der Waals surface area contributed by atoms with Crippen molar-refractivity contribution in [3.63, 3.8) is 0 Å². The van der Waals surface area contributed by atoms with E-state index in [0.717, 1.165) is 36.3 Å². The summed E-state index contributed by atoms with van der Waals surface area (Å²) in [5.41, 5.74) is 3.82. The third kappa shape index (κ3) is 3.08. The Hall–Kier alpha value is -2.27. The second-order valence-corrected chi connectivity index (χ2v) is 5.32. The number of pyridine rings is 2. The number of carbonyl (C=O) groups is 1. The average Bonchev–Trinajstić information content (AvgIpc) is 2.52. The zero-order chi connectivity index (χ0) is 14.7. The van der Waals surface area contributed by atoms with E-state index in [1.165, 1.54) is 0 Å². The van der Waals surface area contributed by atoms with Crippen LogP contribution in [0.5, 0.6) is 0 Å². The molecule has 5 nitrogen and oxygen atoms in total. The number of aromatic nitrogens is 2. The molecule has 3 rings (SSSR count). The van der Waals surface area contributed by atoms with Crippen molar-refractivity contribution >= 4 is 5.91 Å². The van der Waals surface area contributed by atoms with Crippen LogP contribution in [-0.2, 0) is 19.5 Å². The first-order valence-corrected chi connectivity index (χ1v) is 7.06. The fraction of sp³-hybridized carbons (Fsp3) is 0.312. The van der Waals surface area contributed by atoms with Crippen LogP contribution in [0.4, 0.5) is 0 Å². The Kier molecular flexibility index (Phi) is 3.92. The minimum Gasteiger partial charge on any atom is -0.346 e. The second-order valence-electron chi connectivity index (χ2n) is 5.32. The fourth-order valence-corrected chi connectivity index (χ4v) is 2.60. The molecule has 0 atom stereocenters. The van der Waals surface area contributed by atoms with Crippen LogP contribution in [0.1, 0.15) is 27.2 Å². The number of fused-ring (bicyclic) bond motifs is 1. The Balaban J connectivity index is 1.75. The van der Waals surface area contributed by atoms with Crippen LogP contribution in [0, 0.1) is 0 Å². The molecule has 0 spiro atoms. The Morgan fingerprint density at radius 1 is 1.38 bits per heavy atom. The van der Waals surface area contributed by atoms with E-state index in [1.807, 2.05) is 24.4 Å². The zero-order valence-electron chi connectivity index (χ0n) is 12.0. The van der Waals surface area contributed by atoms with E-state index in [0.29, 0.717) is 12.1 Å². The molecule has 0 saturated carbocycles.